The third-order valence-corrected chi connectivity index (χ3v) is 6.16. The van der Waals surface area contributed by atoms with E-state index < -0.39 is 0 Å². The van der Waals surface area contributed by atoms with Gasteiger partial charge in [-0.2, -0.15) is 11.8 Å². The molecular formula is C16H30N2OS. The second-order valence-corrected chi connectivity index (χ2v) is 7.61. The summed E-state index contributed by atoms with van der Waals surface area (Å²) in [7, 11) is 0. The van der Waals surface area contributed by atoms with Crippen molar-refractivity contribution in [3.63, 3.8) is 0 Å². The summed E-state index contributed by atoms with van der Waals surface area (Å²) in [6, 6.07) is 0.414. The molecule has 2 atom stereocenters. The minimum Gasteiger partial charge on any atom is -0.353 e. The number of thioether (sulfide) groups is 1. The van der Waals surface area contributed by atoms with Gasteiger partial charge in [0.2, 0.25) is 5.91 Å². The lowest BCUT2D eigenvalue weighted by molar-refractivity contribution is -0.134. The van der Waals surface area contributed by atoms with Crippen LogP contribution < -0.4 is 10.6 Å². The van der Waals surface area contributed by atoms with E-state index >= 15 is 0 Å². The fourth-order valence-corrected chi connectivity index (χ4v) is 4.63. The van der Waals surface area contributed by atoms with E-state index in [9.17, 15) is 4.79 Å². The first-order valence-corrected chi connectivity index (χ1v) is 9.53. The Kier molecular flexibility index (Phi) is 6.21. The van der Waals surface area contributed by atoms with Crippen molar-refractivity contribution in [3.05, 3.63) is 0 Å². The predicted octanol–water partition coefficient (Wildman–Crippen LogP) is 2.95. The number of amides is 1. The largest absolute Gasteiger partial charge is 0.353 e. The van der Waals surface area contributed by atoms with Gasteiger partial charge < -0.3 is 10.6 Å². The van der Waals surface area contributed by atoms with E-state index in [0.717, 1.165) is 50.4 Å². The molecule has 3 nitrogen and oxygen atoms in total. The third-order valence-electron chi connectivity index (χ3n) is 5.07. The molecule has 2 N–H and O–H groups in total. The number of carbonyl (C=O) groups is 1. The lowest BCUT2D eigenvalue weighted by Gasteiger charge is -2.38. The smallest absolute Gasteiger partial charge is 0.226 e. The van der Waals surface area contributed by atoms with E-state index in [1.165, 1.54) is 19.3 Å². The van der Waals surface area contributed by atoms with Crippen molar-refractivity contribution in [3.8, 4) is 0 Å². The van der Waals surface area contributed by atoms with Crippen LogP contribution >= 0.6 is 11.8 Å². The molecule has 2 unspecified atom stereocenters. The van der Waals surface area contributed by atoms with Gasteiger partial charge in [0.1, 0.15) is 0 Å². The van der Waals surface area contributed by atoms with Gasteiger partial charge in [-0.05, 0) is 57.9 Å². The maximum atomic E-state index is 12.8. The van der Waals surface area contributed by atoms with Crippen molar-refractivity contribution in [1.82, 2.24) is 10.6 Å². The Morgan fingerprint density at radius 3 is 2.75 bits per heavy atom. The summed E-state index contributed by atoms with van der Waals surface area (Å²) in [5.74, 6) is 0.340. The zero-order valence-electron chi connectivity index (χ0n) is 13.0. The van der Waals surface area contributed by atoms with Crippen LogP contribution in [0.2, 0.25) is 0 Å². The molecule has 1 amide bonds. The molecule has 0 radical (unpaired) electrons. The molecule has 2 fully saturated rings. The maximum Gasteiger partial charge on any atom is 0.226 e. The van der Waals surface area contributed by atoms with Crippen molar-refractivity contribution in [2.75, 3.05) is 19.3 Å². The molecule has 2 aliphatic rings. The lowest BCUT2D eigenvalue weighted by Crippen LogP contribution is -2.51. The molecule has 1 saturated heterocycles. The molecule has 20 heavy (non-hydrogen) atoms. The molecule has 1 saturated carbocycles. The fraction of sp³-hybridized carbons (Fsp3) is 0.938. The van der Waals surface area contributed by atoms with Gasteiger partial charge in [0.05, 0.1) is 5.41 Å². The Labute approximate surface area is 128 Å². The van der Waals surface area contributed by atoms with Crippen LogP contribution in [0.4, 0.5) is 0 Å². The second-order valence-electron chi connectivity index (χ2n) is 6.48. The molecule has 0 spiro atoms. The van der Waals surface area contributed by atoms with Crippen molar-refractivity contribution < 1.29 is 4.79 Å². The molecular weight excluding hydrogens is 268 g/mol. The summed E-state index contributed by atoms with van der Waals surface area (Å²) in [6.45, 7) is 4.18. The van der Waals surface area contributed by atoms with E-state index in [2.05, 4.69) is 23.8 Å². The van der Waals surface area contributed by atoms with E-state index in [1.54, 1.807) is 0 Å². The average Bonchev–Trinajstić information content (AvgIpc) is 2.48. The Morgan fingerprint density at radius 1 is 1.35 bits per heavy atom. The highest BCUT2D eigenvalue weighted by molar-refractivity contribution is 7.99. The van der Waals surface area contributed by atoms with Gasteiger partial charge >= 0.3 is 0 Å². The van der Waals surface area contributed by atoms with Crippen LogP contribution in [-0.4, -0.2) is 36.5 Å². The number of hydrogen-bond donors (Lipinski definition) is 2. The summed E-state index contributed by atoms with van der Waals surface area (Å²) in [6.07, 6.45) is 11.3. The average molecular weight is 298 g/mol. The molecule has 1 aliphatic carbocycles. The van der Waals surface area contributed by atoms with E-state index in [4.69, 9.17) is 0 Å². The van der Waals surface area contributed by atoms with E-state index in [0.29, 0.717) is 11.9 Å². The molecule has 0 bridgehead atoms. The number of rotatable bonds is 5. The highest BCUT2D eigenvalue weighted by Crippen LogP contribution is 2.35. The minimum atomic E-state index is -0.0910. The molecule has 1 aliphatic heterocycles. The summed E-state index contributed by atoms with van der Waals surface area (Å²) >= 11 is 1.96. The van der Waals surface area contributed by atoms with Crippen LogP contribution in [-0.2, 0) is 4.79 Å². The quantitative estimate of drug-likeness (QED) is 0.820. The van der Waals surface area contributed by atoms with Crippen molar-refractivity contribution in [1.29, 1.82) is 0 Å². The van der Waals surface area contributed by atoms with Crippen molar-refractivity contribution >= 4 is 17.7 Å². The van der Waals surface area contributed by atoms with Gasteiger partial charge in [0, 0.05) is 11.3 Å². The Bertz CT molecular complexity index is 310. The topological polar surface area (TPSA) is 41.1 Å². The summed E-state index contributed by atoms with van der Waals surface area (Å²) in [5.41, 5.74) is -0.0910. The fourth-order valence-electron chi connectivity index (χ4n) is 3.80. The van der Waals surface area contributed by atoms with Crippen LogP contribution in [0.25, 0.3) is 0 Å². The van der Waals surface area contributed by atoms with Gasteiger partial charge in [-0.15, -0.1) is 0 Å². The van der Waals surface area contributed by atoms with Gasteiger partial charge in [0.25, 0.3) is 0 Å². The number of carbonyl (C=O) groups excluding carboxylic acids is 1. The van der Waals surface area contributed by atoms with Gasteiger partial charge in [-0.1, -0.05) is 19.8 Å². The molecule has 0 aromatic carbocycles. The van der Waals surface area contributed by atoms with Crippen LogP contribution in [0, 0.1) is 5.41 Å². The monoisotopic (exact) mass is 298 g/mol. The first kappa shape index (κ1) is 16.2. The van der Waals surface area contributed by atoms with Crippen LogP contribution in [0.3, 0.4) is 0 Å². The SMILES string of the molecule is CCCC1(C(=O)NC2CCCC(SC)C2)CCNCC1. The lowest BCUT2D eigenvalue weighted by atomic mass is 9.74. The molecule has 0 aromatic rings. The van der Waals surface area contributed by atoms with Crippen molar-refractivity contribution in [2.24, 2.45) is 5.41 Å². The van der Waals surface area contributed by atoms with E-state index in [-0.39, 0.29) is 5.41 Å². The minimum absolute atomic E-state index is 0.0910. The molecule has 1 heterocycles. The predicted molar refractivity (Wildman–Crippen MR) is 87.1 cm³/mol. The highest BCUT2D eigenvalue weighted by Gasteiger charge is 2.39. The number of hydrogen-bond acceptors (Lipinski definition) is 3. The summed E-state index contributed by atoms with van der Waals surface area (Å²) < 4.78 is 0. The second kappa shape index (κ2) is 7.69. The Balaban J connectivity index is 1.94. The molecule has 0 aromatic heterocycles. The Morgan fingerprint density at radius 2 is 2.10 bits per heavy atom. The highest BCUT2D eigenvalue weighted by atomic mass is 32.2. The van der Waals surface area contributed by atoms with Crippen LogP contribution in [0.1, 0.15) is 58.3 Å². The first-order chi connectivity index (χ1) is 9.70. The number of nitrogens with one attached hydrogen (secondary N) is 2. The maximum absolute atomic E-state index is 12.8. The van der Waals surface area contributed by atoms with Crippen LogP contribution in [0.5, 0.6) is 0 Å². The standard InChI is InChI=1S/C16H30N2OS/c1-3-7-16(8-10-17-11-9-16)15(19)18-13-5-4-6-14(12-13)20-2/h13-14,17H,3-12H2,1-2H3,(H,18,19). The summed E-state index contributed by atoms with van der Waals surface area (Å²) in [5, 5.41) is 7.53. The zero-order valence-corrected chi connectivity index (χ0v) is 13.9. The first-order valence-electron chi connectivity index (χ1n) is 8.24. The van der Waals surface area contributed by atoms with E-state index in [1.807, 2.05) is 11.8 Å². The zero-order chi connectivity index (χ0) is 14.4. The molecule has 116 valence electrons. The van der Waals surface area contributed by atoms with Crippen molar-refractivity contribution in [2.45, 2.75) is 69.6 Å². The number of piperidine rings is 1. The van der Waals surface area contributed by atoms with Gasteiger partial charge in [0.15, 0.2) is 0 Å². The summed E-state index contributed by atoms with van der Waals surface area (Å²) in [4.78, 5) is 12.8. The molecule has 4 heteroatoms. The van der Waals surface area contributed by atoms with Gasteiger partial charge in [-0.25, -0.2) is 0 Å². The van der Waals surface area contributed by atoms with Crippen LogP contribution in [0.15, 0.2) is 0 Å². The van der Waals surface area contributed by atoms with Gasteiger partial charge in [-0.3, -0.25) is 4.79 Å². The normalized spacial score (nSPS) is 29.9. The third kappa shape index (κ3) is 3.91. The Hall–Kier alpha value is -0.220. The molecule has 2 rings (SSSR count).